The Balaban J connectivity index is 2.77. The molecule has 3 nitrogen and oxygen atoms in total. The van der Waals surface area contributed by atoms with Crippen LogP contribution in [0.5, 0.6) is 0 Å². The molecule has 0 unspecified atom stereocenters. The molecule has 0 amide bonds. The quantitative estimate of drug-likeness (QED) is 0.899. The van der Waals surface area contributed by atoms with Gasteiger partial charge in [0.05, 0.1) is 5.56 Å². The van der Waals surface area contributed by atoms with Crippen LogP contribution in [0.3, 0.4) is 0 Å². The molecule has 0 saturated carbocycles. The SMILES string of the molecule is CCc1cc(C)cc(CC)c1-c1ccn[nH]c1=O. The maximum absolute atomic E-state index is 11.9. The summed E-state index contributed by atoms with van der Waals surface area (Å²) < 4.78 is 0. The molecular weight excluding hydrogens is 224 g/mol. The molecule has 1 aromatic carbocycles. The van der Waals surface area contributed by atoms with Crippen molar-refractivity contribution in [3.05, 3.63) is 51.4 Å². The average molecular weight is 242 g/mol. The summed E-state index contributed by atoms with van der Waals surface area (Å²) in [5.74, 6) is 0. The summed E-state index contributed by atoms with van der Waals surface area (Å²) in [5.41, 5.74) is 5.38. The van der Waals surface area contributed by atoms with Crippen molar-refractivity contribution in [2.45, 2.75) is 33.6 Å². The van der Waals surface area contributed by atoms with Gasteiger partial charge in [-0.25, -0.2) is 5.10 Å². The molecular formula is C15H18N2O. The van der Waals surface area contributed by atoms with E-state index in [2.05, 4.69) is 43.1 Å². The van der Waals surface area contributed by atoms with Crippen LogP contribution < -0.4 is 5.56 Å². The van der Waals surface area contributed by atoms with Crippen LogP contribution in [-0.4, -0.2) is 10.2 Å². The van der Waals surface area contributed by atoms with E-state index in [0.29, 0.717) is 0 Å². The van der Waals surface area contributed by atoms with Crippen LogP contribution in [-0.2, 0) is 12.8 Å². The Morgan fingerprint density at radius 1 is 1.17 bits per heavy atom. The molecule has 0 aliphatic rings. The van der Waals surface area contributed by atoms with Gasteiger partial charge in [0.1, 0.15) is 0 Å². The minimum Gasteiger partial charge on any atom is -0.267 e. The fraction of sp³-hybridized carbons (Fsp3) is 0.333. The number of aryl methyl sites for hydroxylation is 3. The van der Waals surface area contributed by atoms with Gasteiger partial charge in [0.15, 0.2) is 0 Å². The Kier molecular flexibility index (Phi) is 3.60. The number of aromatic amines is 1. The summed E-state index contributed by atoms with van der Waals surface area (Å²) in [6.07, 6.45) is 3.48. The van der Waals surface area contributed by atoms with E-state index in [1.165, 1.54) is 16.7 Å². The third kappa shape index (κ3) is 2.21. The van der Waals surface area contributed by atoms with E-state index in [0.717, 1.165) is 24.0 Å². The molecule has 0 aliphatic heterocycles. The van der Waals surface area contributed by atoms with Gasteiger partial charge in [-0.15, -0.1) is 0 Å². The highest BCUT2D eigenvalue weighted by molar-refractivity contribution is 5.71. The molecule has 1 heterocycles. The summed E-state index contributed by atoms with van der Waals surface area (Å²) >= 11 is 0. The van der Waals surface area contributed by atoms with Crippen molar-refractivity contribution in [3.63, 3.8) is 0 Å². The Morgan fingerprint density at radius 3 is 2.28 bits per heavy atom. The number of nitrogens with one attached hydrogen (secondary N) is 1. The van der Waals surface area contributed by atoms with Crippen LogP contribution in [0, 0.1) is 6.92 Å². The molecule has 3 heteroatoms. The van der Waals surface area contributed by atoms with Crippen molar-refractivity contribution in [2.75, 3.05) is 0 Å². The lowest BCUT2D eigenvalue weighted by Gasteiger charge is -2.14. The monoisotopic (exact) mass is 242 g/mol. The van der Waals surface area contributed by atoms with Crippen molar-refractivity contribution in [1.29, 1.82) is 0 Å². The minimum absolute atomic E-state index is 0.120. The average Bonchev–Trinajstić information content (AvgIpc) is 2.38. The van der Waals surface area contributed by atoms with E-state index in [4.69, 9.17) is 0 Å². The van der Waals surface area contributed by atoms with E-state index in [1.54, 1.807) is 12.3 Å². The lowest BCUT2D eigenvalue weighted by molar-refractivity contribution is 0.985. The second kappa shape index (κ2) is 5.17. The molecule has 18 heavy (non-hydrogen) atoms. The fourth-order valence-corrected chi connectivity index (χ4v) is 2.39. The summed E-state index contributed by atoms with van der Waals surface area (Å²) in [6, 6.07) is 6.12. The van der Waals surface area contributed by atoms with Crippen molar-refractivity contribution in [2.24, 2.45) is 0 Å². The minimum atomic E-state index is -0.120. The molecule has 0 saturated heterocycles. The smallest absolute Gasteiger partial charge is 0.267 e. The molecule has 0 atom stereocenters. The maximum Gasteiger partial charge on any atom is 0.272 e. The van der Waals surface area contributed by atoms with Gasteiger partial charge in [0.25, 0.3) is 5.56 Å². The molecule has 0 radical (unpaired) electrons. The molecule has 1 N–H and O–H groups in total. The van der Waals surface area contributed by atoms with Gasteiger partial charge >= 0.3 is 0 Å². The first kappa shape index (κ1) is 12.6. The van der Waals surface area contributed by atoms with Crippen molar-refractivity contribution in [1.82, 2.24) is 10.2 Å². The van der Waals surface area contributed by atoms with Crippen LogP contribution in [0.25, 0.3) is 11.1 Å². The van der Waals surface area contributed by atoms with Gasteiger partial charge in [-0.05, 0) is 42.5 Å². The first-order valence-electron chi connectivity index (χ1n) is 6.33. The molecule has 0 bridgehead atoms. The number of nitrogens with zero attached hydrogens (tertiary/aromatic N) is 1. The first-order valence-corrected chi connectivity index (χ1v) is 6.33. The summed E-state index contributed by atoms with van der Waals surface area (Å²) in [5, 5.41) is 6.27. The molecule has 2 aromatic rings. The standard InChI is InChI=1S/C15H18N2O/c1-4-11-8-10(3)9-12(5-2)14(11)13-6-7-16-17-15(13)18/h6-9H,4-5H2,1-3H3,(H,17,18). The van der Waals surface area contributed by atoms with E-state index in [9.17, 15) is 4.79 Å². The zero-order valence-electron chi connectivity index (χ0n) is 11.1. The van der Waals surface area contributed by atoms with Crippen molar-refractivity contribution >= 4 is 0 Å². The molecule has 0 aliphatic carbocycles. The molecule has 0 spiro atoms. The van der Waals surface area contributed by atoms with Gasteiger partial charge in [0, 0.05) is 6.20 Å². The molecule has 2 rings (SSSR count). The van der Waals surface area contributed by atoms with Gasteiger partial charge in [0.2, 0.25) is 0 Å². The number of hydrogen-bond donors (Lipinski definition) is 1. The van der Waals surface area contributed by atoms with Gasteiger partial charge in [-0.3, -0.25) is 4.79 Å². The predicted octanol–water partition coefficient (Wildman–Crippen LogP) is 2.87. The lowest BCUT2D eigenvalue weighted by atomic mass is 9.91. The van der Waals surface area contributed by atoms with Crippen LogP contribution >= 0.6 is 0 Å². The Morgan fingerprint density at radius 2 is 1.78 bits per heavy atom. The van der Waals surface area contributed by atoms with Crippen LogP contribution in [0.2, 0.25) is 0 Å². The number of H-pyrrole nitrogens is 1. The van der Waals surface area contributed by atoms with Gasteiger partial charge < -0.3 is 0 Å². The molecule has 0 fully saturated rings. The van der Waals surface area contributed by atoms with E-state index >= 15 is 0 Å². The third-order valence-electron chi connectivity index (χ3n) is 3.20. The zero-order valence-corrected chi connectivity index (χ0v) is 11.1. The summed E-state index contributed by atoms with van der Waals surface area (Å²) in [4.78, 5) is 11.9. The highest BCUT2D eigenvalue weighted by Gasteiger charge is 2.12. The predicted molar refractivity (Wildman–Crippen MR) is 73.8 cm³/mol. The van der Waals surface area contributed by atoms with E-state index in [1.807, 2.05) is 0 Å². The maximum atomic E-state index is 11.9. The summed E-state index contributed by atoms with van der Waals surface area (Å²) in [7, 11) is 0. The van der Waals surface area contributed by atoms with Gasteiger partial charge in [-0.1, -0.05) is 31.5 Å². The number of rotatable bonds is 3. The number of benzene rings is 1. The lowest BCUT2D eigenvalue weighted by Crippen LogP contribution is -2.12. The summed E-state index contributed by atoms with van der Waals surface area (Å²) in [6.45, 7) is 6.33. The van der Waals surface area contributed by atoms with Gasteiger partial charge in [-0.2, -0.15) is 5.10 Å². The fourth-order valence-electron chi connectivity index (χ4n) is 2.39. The number of aromatic nitrogens is 2. The van der Waals surface area contributed by atoms with Crippen molar-refractivity contribution < 1.29 is 0 Å². The van der Waals surface area contributed by atoms with Crippen molar-refractivity contribution in [3.8, 4) is 11.1 Å². The zero-order chi connectivity index (χ0) is 13.1. The number of hydrogen-bond acceptors (Lipinski definition) is 2. The first-order chi connectivity index (χ1) is 8.67. The van der Waals surface area contributed by atoms with Crippen LogP contribution in [0.4, 0.5) is 0 Å². The van der Waals surface area contributed by atoms with E-state index in [-0.39, 0.29) is 5.56 Å². The Bertz CT molecular complexity index is 589. The van der Waals surface area contributed by atoms with E-state index < -0.39 is 0 Å². The van der Waals surface area contributed by atoms with Crippen LogP contribution in [0.1, 0.15) is 30.5 Å². The Labute approximate surface area is 107 Å². The topological polar surface area (TPSA) is 45.8 Å². The molecule has 94 valence electrons. The largest absolute Gasteiger partial charge is 0.272 e. The Hall–Kier alpha value is -1.90. The normalized spacial score (nSPS) is 10.6. The van der Waals surface area contributed by atoms with Crippen LogP contribution in [0.15, 0.2) is 29.2 Å². The second-order valence-electron chi connectivity index (χ2n) is 4.46. The molecule has 1 aromatic heterocycles. The highest BCUT2D eigenvalue weighted by Crippen LogP contribution is 2.27. The third-order valence-corrected chi connectivity index (χ3v) is 3.20. The second-order valence-corrected chi connectivity index (χ2v) is 4.46. The highest BCUT2D eigenvalue weighted by atomic mass is 16.1.